The quantitative estimate of drug-likeness (QED) is 0.0841. The van der Waals surface area contributed by atoms with E-state index in [0.717, 1.165) is 31.1 Å². The van der Waals surface area contributed by atoms with Crippen LogP contribution >= 0.6 is 137 Å². The molecule has 2 atom stereocenters. The number of carbonyl (C=O) groups excluding carboxylic acids is 9. The van der Waals surface area contributed by atoms with E-state index in [2.05, 4.69) is 90.4 Å². The van der Waals surface area contributed by atoms with Crippen molar-refractivity contribution in [3.05, 3.63) is 211 Å². The average molecular weight is 1830 g/mol. The zero-order chi connectivity index (χ0) is 70.8. The lowest BCUT2D eigenvalue weighted by Gasteiger charge is -2.37. The molecule has 0 aliphatic carbocycles. The van der Waals surface area contributed by atoms with E-state index >= 15 is 0 Å². The molecule has 0 saturated carbocycles. The highest BCUT2D eigenvalue weighted by atomic mass is 127. The summed E-state index contributed by atoms with van der Waals surface area (Å²) in [6, 6.07) is 35.4. The SMILES string of the molecule is CC(=O)O.CC(=O)Oc1c(I)cc(Oc2cc3c(cc2Cl)C2(OC(=O)c4ccccc42)c2cc(Cl)c(C)cc2O3)cc1I.CC(=O)Oc1c(I)cc(Oc2cc3c(cc2Cl)C2(OC(=O)c4ccccc42)c2cc(Cl)c(C)cc2O3)cc1I.CCN(CC)C(C)=O.O=C=O.O=C=O. The van der Waals surface area contributed by atoms with Crippen LogP contribution in [0.3, 0.4) is 0 Å². The number of hydrogen-bond donors (Lipinski definition) is 1. The summed E-state index contributed by atoms with van der Waals surface area (Å²) in [6.07, 6.45) is 0.500. The van der Waals surface area contributed by atoms with E-state index in [9.17, 15) is 24.0 Å². The molecule has 8 aromatic rings. The second-order valence-electron chi connectivity index (χ2n) is 20.4. The van der Waals surface area contributed by atoms with Crippen molar-refractivity contribution in [3.63, 3.8) is 0 Å². The standard InChI is InChI=1S/2C29H16Cl2I2O6.C6H13NO.C2H4O2.2CO2/c2*1-13-7-24-18(10-20(13)30)29(17-6-4-3-5-16(17)28(35)39-29)19-11-21(31)26(12-25(19)38-24)37-15-8-22(32)27(23(33)9-15)36-14(2)34;1-4-7(5-2)6(3)8;1-2(3)4;2*2-1-3/h2*3-12H,1-2H3;4-5H2,1-3H3;1H3,(H,3,4);;. The van der Waals surface area contributed by atoms with Gasteiger partial charge in [-0.2, -0.15) is 19.2 Å². The van der Waals surface area contributed by atoms with Gasteiger partial charge in [0.1, 0.15) is 46.0 Å². The maximum atomic E-state index is 13.1. The van der Waals surface area contributed by atoms with Crippen molar-refractivity contribution < 1.29 is 90.9 Å². The van der Waals surface area contributed by atoms with Crippen LogP contribution in [0.4, 0.5) is 0 Å². The van der Waals surface area contributed by atoms with Gasteiger partial charge in [-0.25, -0.2) is 9.59 Å². The van der Waals surface area contributed by atoms with Gasteiger partial charge in [-0.05, 0) is 202 Å². The maximum Gasteiger partial charge on any atom is 0.373 e. The molecule has 96 heavy (non-hydrogen) atoms. The van der Waals surface area contributed by atoms with Crippen molar-refractivity contribution in [2.75, 3.05) is 13.1 Å². The number of carbonyl (C=O) groups is 6. The minimum Gasteiger partial charge on any atom is -0.481 e. The van der Waals surface area contributed by atoms with Crippen LogP contribution in [0.25, 0.3) is 0 Å². The lowest BCUT2D eigenvalue weighted by atomic mass is 9.77. The monoisotopic (exact) mass is 1830 g/mol. The molecule has 0 saturated heterocycles. The summed E-state index contributed by atoms with van der Waals surface area (Å²) in [5, 5.41) is 9.03. The summed E-state index contributed by atoms with van der Waals surface area (Å²) < 4.78 is 50.8. The predicted molar refractivity (Wildman–Crippen MR) is 382 cm³/mol. The van der Waals surface area contributed by atoms with E-state index in [4.69, 9.17) is 113 Å². The zero-order valence-corrected chi connectivity index (χ0v) is 62.9. The number of carboxylic acids is 1. The molecule has 0 fully saturated rings. The third-order valence-electron chi connectivity index (χ3n) is 14.2. The van der Waals surface area contributed by atoms with Gasteiger partial charge in [0.25, 0.3) is 5.97 Å². The molecule has 4 aliphatic rings. The number of esters is 4. The molecule has 2 spiro atoms. The molecule has 4 aliphatic heterocycles. The second-order valence-corrected chi connectivity index (χ2v) is 26.7. The molecular formula is C68H49Cl4I4NO19. The van der Waals surface area contributed by atoms with Crippen molar-refractivity contribution in [1.29, 1.82) is 0 Å². The minimum absolute atomic E-state index is 0.162. The smallest absolute Gasteiger partial charge is 0.373 e. The van der Waals surface area contributed by atoms with Crippen LogP contribution in [0, 0.1) is 28.1 Å². The number of halogens is 8. The highest BCUT2D eigenvalue weighted by Crippen LogP contribution is 2.60. The van der Waals surface area contributed by atoms with Crippen LogP contribution in [-0.4, -0.2) is 71.2 Å². The topological polar surface area (TPSA) is 268 Å². The summed E-state index contributed by atoms with van der Waals surface area (Å²) in [6.45, 7) is 14.7. The molecule has 1 amide bonds. The van der Waals surface area contributed by atoms with Crippen molar-refractivity contribution in [2.24, 2.45) is 0 Å². The largest absolute Gasteiger partial charge is 0.481 e. The Morgan fingerprint density at radius 1 is 0.490 bits per heavy atom. The summed E-state index contributed by atoms with van der Waals surface area (Å²) in [5.41, 5.74) is 3.63. The van der Waals surface area contributed by atoms with E-state index in [1.807, 2.05) is 64.1 Å². The van der Waals surface area contributed by atoms with Crippen LogP contribution in [0.2, 0.25) is 20.1 Å². The molecule has 20 nitrogen and oxygen atoms in total. The molecular weight excluding hydrogens is 1780 g/mol. The Balaban J connectivity index is 0.000000217. The fourth-order valence-electron chi connectivity index (χ4n) is 10.3. The van der Waals surface area contributed by atoms with Gasteiger partial charge in [0.15, 0.2) is 22.7 Å². The van der Waals surface area contributed by atoms with Crippen LogP contribution in [0.1, 0.15) is 107 Å². The summed E-state index contributed by atoms with van der Waals surface area (Å²) in [7, 11) is 0. The van der Waals surface area contributed by atoms with Gasteiger partial charge in [0.2, 0.25) is 5.91 Å². The molecule has 496 valence electrons. The van der Waals surface area contributed by atoms with Gasteiger partial charge >= 0.3 is 36.2 Å². The normalized spacial score (nSPS) is 14.7. The number of amides is 1. The van der Waals surface area contributed by atoms with Gasteiger partial charge in [0, 0.05) is 96.3 Å². The fraction of sp³-hybridized carbons (Fsp3) is 0.176. The van der Waals surface area contributed by atoms with Gasteiger partial charge < -0.3 is 47.9 Å². The number of ether oxygens (including phenoxy) is 8. The van der Waals surface area contributed by atoms with Crippen molar-refractivity contribution in [1.82, 2.24) is 4.90 Å². The lowest BCUT2D eigenvalue weighted by molar-refractivity contribution is -0.193. The van der Waals surface area contributed by atoms with Gasteiger partial charge in [0.05, 0.1) is 35.5 Å². The molecule has 12 rings (SSSR count). The Morgan fingerprint density at radius 2 is 0.781 bits per heavy atom. The third kappa shape index (κ3) is 16.4. The highest BCUT2D eigenvalue weighted by molar-refractivity contribution is 14.1. The number of aryl methyl sites for hydroxylation is 2. The Bertz CT molecular complexity index is 4220. The van der Waals surface area contributed by atoms with Crippen LogP contribution in [-0.2, 0) is 59.0 Å². The van der Waals surface area contributed by atoms with Crippen molar-refractivity contribution in [2.45, 2.75) is 66.6 Å². The van der Waals surface area contributed by atoms with E-state index in [1.165, 1.54) is 13.8 Å². The van der Waals surface area contributed by atoms with Gasteiger partial charge in [-0.1, -0.05) is 82.8 Å². The zero-order valence-electron chi connectivity index (χ0n) is 51.2. The van der Waals surface area contributed by atoms with E-state index in [-0.39, 0.29) is 28.3 Å². The first-order valence-electron chi connectivity index (χ1n) is 27.9. The van der Waals surface area contributed by atoms with E-state index < -0.39 is 41.0 Å². The number of hydrogen-bond acceptors (Lipinski definition) is 18. The number of benzene rings is 8. The Kier molecular flexibility index (Phi) is 25.9. The highest BCUT2D eigenvalue weighted by Gasteiger charge is 2.56. The van der Waals surface area contributed by atoms with Gasteiger partial charge in [-0.3, -0.25) is 19.2 Å². The molecule has 8 aromatic carbocycles. The molecule has 2 unspecified atom stereocenters. The van der Waals surface area contributed by atoms with Crippen LogP contribution < -0.4 is 28.4 Å². The summed E-state index contributed by atoms with van der Waals surface area (Å²) in [5.74, 6) is 2.07. The Hall–Kier alpha value is -7.38. The first kappa shape index (κ1) is 76.0. The molecule has 1 N–H and O–H groups in total. The van der Waals surface area contributed by atoms with E-state index in [0.29, 0.717) is 126 Å². The Labute approximate surface area is 622 Å². The second kappa shape index (κ2) is 32.8. The maximum absolute atomic E-state index is 13.1. The van der Waals surface area contributed by atoms with Crippen LogP contribution in [0.5, 0.6) is 57.5 Å². The van der Waals surface area contributed by atoms with Crippen molar-refractivity contribution >= 4 is 185 Å². The third-order valence-corrected chi connectivity index (χ3v) is 18.8. The van der Waals surface area contributed by atoms with Crippen LogP contribution in [0.15, 0.2) is 121 Å². The molecule has 0 aromatic heterocycles. The summed E-state index contributed by atoms with van der Waals surface area (Å²) in [4.78, 5) is 103. The number of rotatable bonds is 8. The summed E-state index contributed by atoms with van der Waals surface area (Å²) >= 11 is 35.0. The molecule has 0 radical (unpaired) electrons. The van der Waals surface area contributed by atoms with E-state index in [1.54, 1.807) is 96.8 Å². The molecule has 28 heteroatoms. The Morgan fingerprint density at radius 3 is 1.06 bits per heavy atom. The van der Waals surface area contributed by atoms with Gasteiger partial charge in [-0.15, -0.1) is 0 Å². The van der Waals surface area contributed by atoms with Crippen molar-refractivity contribution in [3.8, 4) is 57.5 Å². The number of fused-ring (bicyclic) bond motifs is 12. The molecule has 0 bridgehead atoms. The lowest BCUT2D eigenvalue weighted by Crippen LogP contribution is -2.33. The first-order valence-corrected chi connectivity index (χ1v) is 33.7. The average Bonchev–Trinajstić information content (AvgIpc) is 1.43. The number of nitrogens with zero attached hydrogens (tertiary/aromatic N) is 1. The fourth-order valence-corrected chi connectivity index (χ4v) is 14.9. The number of carboxylic acid groups (broad SMARTS) is 1. The predicted octanol–water partition coefficient (Wildman–Crippen LogP) is 17.4. The molecule has 4 heterocycles. The first-order chi connectivity index (χ1) is 45.4. The minimum atomic E-state index is -1.30. The number of aliphatic carboxylic acids is 1.